The van der Waals surface area contributed by atoms with Gasteiger partial charge in [0, 0.05) is 21.6 Å². The molecule has 0 saturated heterocycles. The third kappa shape index (κ3) is 5.42. The number of benzene rings is 4. The average molecular weight is 587 g/mol. The zero-order valence-electron chi connectivity index (χ0n) is 20.7. The number of para-hydroxylation sites is 1. The first-order chi connectivity index (χ1) is 18.4. The van der Waals surface area contributed by atoms with Gasteiger partial charge in [-0.15, -0.1) is 0 Å². The van der Waals surface area contributed by atoms with Gasteiger partial charge in [0.1, 0.15) is 5.82 Å². The van der Waals surface area contributed by atoms with Gasteiger partial charge in [0.2, 0.25) is 0 Å². The van der Waals surface area contributed by atoms with Crippen molar-refractivity contribution < 1.29 is 4.79 Å². The van der Waals surface area contributed by atoms with Crippen LogP contribution in [0, 0.1) is 0 Å². The van der Waals surface area contributed by atoms with E-state index in [1.165, 1.54) is 0 Å². The van der Waals surface area contributed by atoms with Crippen molar-refractivity contribution in [2.45, 2.75) is 19.4 Å². The van der Waals surface area contributed by atoms with Crippen LogP contribution in [0.1, 0.15) is 34.7 Å². The highest BCUT2D eigenvalue weighted by molar-refractivity contribution is 9.10. The van der Waals surface area contributed by atoms with E-state index in [1.807, 2.05) is 67.6 Å². The molecule has 0 N–H and O–H groups in total. The van der Waals surface area contributed by atoms with E-state index in [0.717, 1.165) is 10.0 Å². The Kier molecular flexibility index (Phi) is 7.72. The second-order valence-electron chi connectivity index (χ2n) is 9.02. The molecule has 0 saturated carbocycles. The summed E-state index contributed by atoms with van der Waals surface area (Å²) >= 11 is 9.60. The predicted octanol–water partition coefficient (Wildman–Crippen LogP) is 7.25. The van der Waals surface area contributed by atoms with Gasteiger partial charge in [0.15, 0.2) is 0 Å². The fourth-order valence-electron chi connectivity index (χ4n) is 4.53. The molecular weight excluding hydrogens is 562 g/mol. The molecule has 190 valence electrons. The van der Waals surface area contributed by atoms with E-state index >= 15 is 0 Å². The number of halogens is 2. The Labute approximate surface area is 234 Å². The number of rotatable bonds is 7. The second kappa shape index (κ2) is 11.3. The molecule has 1 atom stereocenters. The molecule has 0 bridgehead atoms. The van der Waals surface area contributed by atoms with Gasteiger partial charge >= 0.3 is 0 Å². The van der Waals surface area contributed by atoms with Gasteiger partial charge in [-0.1, -0.05) is 70.0 Å². The van der Waals surface area contributed by atoms with Gasteiger partial charge in [0.05, 0.1) is 22.6 Å². The van der Waals surface area contributed by atoms with E-state index in [0.29, 0.717) is 46.0 Å². The van der Waals surface area contributed by atoms with Crippen LogP contribution in [-0.2, 0) is 6.42 Å². The molecule has 38 heavy (non-hydrogen) atoms. The summed E-state index contributed by atoms with van der Waals surface area (Å²) < 4.78 is 2.49. The van der Waals surface area contributed by atoms with Crippen LogP contribution in [0.15, 0.2) is 112 Å². The summed E-state index contributed by atoms with van der Waals surface area (Å²) in [6.07, 6.45) is 0.659. The van der Waals surface area contributed by atoms with Gasteiger partial charge < -0.3 is 4.90 Å². The Morgan fingerprint density at radius 3 is 2.29 bits per heavy atom. The molecule has 1 heterocycles. The van der Waals surface area contributed by atoms with E-state index in [2.05, 4.69) is 15.9 Å². The van der Waals surface area contributed by atoms with E-state index < -0.39 is 6.04 Å². The minimum Gasteiger partial charge on any atom is -0.328 e. The number of amides is 1. The number of carbonyl (C=O) groups is 1. The highest BCUT2D eigenvalue weighted by atomic mass is 79.9. The Balaban J connectivity index is 1.64. The fraction of sp³-hybridized carbons (Fsp3) is 0.129. The maximum Gasteiger partial charge on any atom is 0.266 e. The van der Waals surface area contributed by atoms with Crippen molar-refractivity contribution in [1.29, 1.82) is 0 Å². The van der Waals surface area contributed by atoms with Crippen molar-refractivity contribution >= 4 is 44.3 Å². The maximum absolute atomic E-state index is 13.9. The van der Waals surface area contributed by atoms with Crippen molar-refractivity contribution in [3.63, 3.8) is 0 Å². The SMILES string of the molecule is CC(c1nc2ccccc2c(=O)n1-c1ccc(Cl)cc1)N(CCc1ccccc1)C(=O)c1ccc(Br)cc1. The van der Waals surface area contributed by atoms with Crippen LogP contribution in [0.2, 0.25) is 5.02 Å². The number of hydrogen-bond donors (Lipinski definition) is 0. The van der Waals surface area contributed by atoms with Crippen molar-refractivity contribution in [3.8, 4) is 5.69 Å². The standard InChI is InChI=1S/C31H25BrClN3O2/c1-21(35(20-19-22-7-3-2-4-8-22)30(37)23-11-13-24(32)14-12-23)29-34-28-10-6-5-9-27(28)31(38)36(29)26-17-15-25(33)16-18-26/h2-18,21H,19-20H2,1H3. The smallest absolute Gasteiger partial charge is 0.266 e. The van der Waals surface area contributed by atoms with Gasteiger partial charge in [-0.05, 0) is 79.6 Å². The zero-order valence-corrected chi connectivity index (χ0v) is 23.1. The summed E-state index contributed by atoms with van der Waals surface area (Å²) in [5.74, 6) is 0.348. The van der Waals surface area contributed by atoms with Crippen molar-refractivity contribution in [2.24, 2.45) is 0 Å². The molecule has 0 aliphatic heterocycles. The van der Waals surface area contributed by atoms with E-state index in [9.17, 15) is 9.59 Å². The topological polar surface area (TPSA) is 55.2 Å². The normalized spacial score (nSPS) is 11.9. The number of fused-ring (bicyclic) bond motifs is 1. The molecule has 0 radical (unpaired) electrons. The lowest BCUT2D eigenvalue weighted by Crippen LogP contribution is -2.38. The van der Waals surface area contributed by atoms with Crippen LogP contribution in [0.3, 0.4) is 0 Å². The lowest BCUT2D eigenvalue weighted by Gasteiger charge is -2.31. The van der Waals surface area contributed by atoms with Crippen LogP contribution in [0.5, 0.6) is 0 Å². The Bertz CT molecular complexity index is 1640. The summed E-state index contributed by atoms with van der Waals surface area (Å²) in [4.78, 5) is 34.4. The van der Waals surface area contributed by atoms with E-state index in [1.54, 1.807) is 51.9 Å². The molecule has 0 spiro atoms. The lowest BCUT2D eigenvalue weighted by molar-refractivity contribution is 0.0683. The minimum atomic E-state index is -0.511. The molecule has 4 aromatic carbocycles. The molecule has 0 aliphatic rings. The summed E-state index contributed by atoms with van der Waals surface area (Å²) in [6.45, 7) is 2.37. The van der Waals surface area contributed by atoms with Gasteiger partial charge in [0.25, 0.3) is 11.5 Å². The predicted molar refractivity (Wildman–Crippen MR) is 156 cm³/mol. The molecule has 5 rings (SSSR count). The van der Waals surface area contributed by atoms with E-state index in [4.69, 9.17) is 16.6 Å². The molecule has 1 amide bonds. The number of hydrogen-bond acceptors (Lipinski definition) is 3. The van der Waals surface area contributed by atoms with Gasteiger partial charge in [-0.2, -0.15) is 0 Å². The molecular formula is C31H25BrClN3O2. The maximum atomic E-state index is 13.9. The van der Waals surface area contributed by atoms with Crippen LogP contribution in [0.25, 0.3) is 16.6 Å². The third-order valence-corrected chi connectivity index (χ3v) is 7.34. The minimum absolute atomic E-state index is 0.133. The highest BCUT2D eigenvalue weighted by Crippen LogP contribution is 2.26. The van der Waals surface area contributed by atoms with Crippen LogP contribution in [0.4, 0.5) is 0 Å². The summed E-state index contributed by atoms with van der Waals surface area (Å²) in [7, 11) is 0. The van der Waals surface area contributed by atoms with Gasteiger partial charge in [-0.3, -0.25) is 14.2 Å². The number of aromatic nitrogens is 2. The van der Waals surface area contributed by atoms with E-state index in [-0.39, 0.29) is 11.5 Å². The fourth-order valence-corrected chi connectivity index (χ4v) is 4.92. The molecule has 0 fully saturated rings. The first-order valence-corrected chi connectivity index (χ1v) is 13.5. The summed E-state index contributed by atoms with van der Waals surface area (Å²) in [6, 6.07) is 31.2. The first kappa shape index (κ1) is 25.9. The summed E-state index contributed by atoms with van der Waals surface area (Å²) in [5, 5.41) is 1.08. The molecule has 5 aromatic rings. The highest BCUT2D eigenvalue weighted by Gasteiger charge is 2.27. The van der Waals surface area contributed by atoms with Gasteiger partial charge in [-0.25, -0.2) is 4.98 Å². The summed E-state index contributed by atoms with van der Waals surface area (Å²) in [5.41, 5.74) is 2.71. The van der Waals surface area contributed by atoms with Crippen molar-refractivity contribution in [3.05, 3.63) is 140 Å². The average Bonchev–Trinajstić information content (AvgIpc) is 2.94. The van der Waals surface area contributed by atoms with Crippen molar-refractivity contribution in [2.75, 3.05) is 6.54 Å². The lowest BCUT2D eigenvalue weighted by atomic mass is 10.1. The van der Waals surface area contributed by atoms with Crippen molar-refractivity contribution in [1.82, 2.24) is 14.5 Å². The molecule has 0 aliphatic carbocycles. The number of carbonyl (C=O) groups excluding carboxylic acids is 1. The molecule has 5 nitrogen and oxygen atoms in total. The largest absolute Gasteiger partial charge is 0.328 e. The first-order valence-electron chi connectivity index (χ1n) is 12.3. The zero-order chi connectivity index (χ0) is 26.6. The third-order valence-electron chi connectivity index (χ3n) is 6.56. The second-order valence-corrected chi connectivity index (χ2v) is 10.4. The van der Waals surface area contributed by atoms with Crippen LogP contribution >= 0.6 is 27.5 Å². The Morgan fingerprint density at radius 2 is 1.58 bits per heavy atom. The van der Waals surface area contributed by atoms with Crippen LogP contribution < -0.4 is 5.56 Å². The number of nitrogens with zero attached hydrogens (tertiary/aromatic N) is 3. The van der Waals surface area contributed by atoms with Crippen LogP contribution in [-0.4, -0.2) is 26.9 Å². The Morgan fingerprint density at radius 1 is 0.921 bits per heavy atom. The quantitative estimate of drug-likeness (QED) is 0.202. The molecule has 1 unspecified atom stereocenters. The Hall–Kier alpha value is -3.74. The molecule has 7 heteroatoms. The molecule has 1 aromatic heterocycles. The monoisotopic (exact) mass is 585 g/mol.